The van der Waals surface area contributed by atoms with E-state index in [-0.39, 0.29) is 0 Å². The molecule has 0 atom stereocenters. The van der Waals surface area contributed by atoms with Gasteiger partial charge in [0, 0.05) is 12.2 Å². The number of primary amides is 1. The smallest absolute Gasteiger partial charge is 0.316 e. The Labute approximate surface area is 125 Å². The molecule has 3 rings (SSSR count). The van der Waals surface area contributed by atoms with E-state index in [1.54, 1.807) is 17.7 Å². The lowest BCUT2D eigenvalue weighted by Gasteiger charge is -2.07. The predicted octanol–water partition coefficient (Wildman–Crippen LogP) is 2.79. The summed E-state index contributed by atoms with van der Waals surface area (Å²) in [7, 11) is 0. The number of nitrogens with two attached hydrogens (primary N) is 1. The molecule has 0 unspecified atom stereocenters. The molecule has 2 amide bonds. The van der Waals surface area contributed by atoms with Crippen LogP contribution < -0.4 is 16.4 Å². The van der Waals surface area contributed by atoms with E-state index in [4.69, 9.17) is 5.73 Å². The van der Waals surface area contributed by atoms with Crippen LogP contribution in [0.4, 0.5) is 16.3 Å². The van der Waals surface area contributed by atoms with Gasteiger partial charge in [0.1, 0.15) is 17.0 Å². The monoisotopic (exact) mass is 299 g/mol. The molecule has 0 spiro atoms. The number of thiophene rings is 1. The maximum atomic E-state index is 10.7. The van der Waals surface area contributed by atoms with Crippen molar-refractivity contribution in [3.8, 4) is 0 Å². The summed E-state index contributed by atoms with van der Waals surface area (Å²) in [6.07, 6.45) is 1.56. The lowest BCUT2D eigenvalue weighted by atomic mass is 10.2. The van der Waals surface area contributed by atoms with Gasteiger partial charge in [0.2, 0.25) is 0 Å². The lowest BCUT2D eigenvalue weighted by molar-refractivity contribution is 0.259. The molecule has 0 aliphatic heterocycles. The van der Waals surface area contributed by atoms with Gasteiger partial charge >= 0.3 is 6.03 Å². The average molecular weight is 299 g/mol. The summed E-state index contributed by atoms with van der Waals surface area (Å²) in [5.74, 6) is 0.820. The Bertz CT molecular complexity index is 768. The van der Waals surface area contributed by atoms with Crippen LogP contribution in [-0.4, -0.2) is 16.0 Å². The Morgan fingerprint density at radius 1 is 1.19 bits per heavy atom. The van der Waals surface area contributed by atoms with Gasteiger partial charge in [-0.15, -0.1) is 11.3 Å². The number of hydrogen-bond acceptors (Lipinski definition) is 5. The fourth-order valence-corrected chi connectivity index (χ4v) is 2.70. The normalized spacial score (nSPS) is 10.5. The molecule has 21 heavy (non-hydrogen) atoms. The molecule has 3 aromatic rings. The van der Waals surface area contributed by atoms with Crippen LogP contribution in [0, 0.1) is 0 Å². The molecule has 0 saturated carbocycles. The number of hydrogen-bond donors (Lipinski definition) is 3. The van der Waals surface area contributed by atoms with Crippen LogP contribution >= 0.6 is 11.3 Å². The zero-order valence-corrected chi connectivity index (χ0v) is 11.9. The summed E-state index contributed by atoms with van der Waals surface area (Å²) in [6, 6.07) is 8.89. The number of carbonyl (C=O) groups excluding carboxylic acids is 1. The Kier molecular flexibility index (Phi) is 3.65. The molecule has 2 heterocycles. The van der Waals surface area contributed by atoms with Crippen LogP contribution in [0.3, 0.4) is 0 Å². The second-order valence-corrected chi connectivity index (χ2v) is 5.30. The molecule has 0 bridgehead atoms. The highest BCUT2D eigenvalue weighted by Crippen LogP contribution is 2.24. The minimum Gasteiger partial charge on any atom is -0.365 e. The van der Waals surface area contributed by atoms with E-state index >= 15 is 0 Å². The Morgan fingerprint density at radius 3 is 2.76 bits per heavy atom. The summed E-state index contributed by atoms with van der Waals surface area (Å²) in [5.41, 5.74) is 6.81. The topological polar surface area (TPSA) is 92.9 Å². The van der Waals surface area contributed by atoms with Crippen LogP contribution in [0.25, 0.3) is 10.2 Å². The maximum absolute atomic E-state index is 10.7. The summed E-state index contributed by atoms with van der Waals surface area (Å²) in [5, 5.41) is 8.84. The molecular weight excluding hydrogens is 286 g/mol. The number of benzene rings is 1. The number of urea groups is 1. The molecule has 0 fully saturated rings. The predicted molar refractivity (Wildman–Crippen MR) is 84.4 cm³/mol. The van der Waals surface area contributed by atoms with E-state index in [9.17, 15) is 4.79 Å². The van der Waals surface area contributed by atoms with Gasteiger partial charge in [0.25, 0.3) is 0 Å². The molecule has 0 radical (unpaired) electrons. The summed E-state index contributed by atoms with van der Waals surface area (Å²) >= 11 is 1.59. The largest absolute Gasteiger partial charge is 0.365 e. The van der Waals surface area contributed by atoms with E-state index in [1.165, 1.54) is 0 Å². The number of nitrogens with zero attached hydrogens (tertiary/aromatic N) is 2. The van der Waals surface area contributed by atoms with Crippen molar-refractivity contribution in [1.29, 1.82) is 0 Å². The van der Waals surface area contributed by atoms with Crippen molar-refractivity contribution in [2.45, 2.75) is 6.54 Å². The standard InChI is InChI=1S/C14H13N5OS/c15-14(20)19-10-3-1-9(2-4-10)7-16-12-11-5-6-21-13(11)18-8-17-12/h1-6,8H,7H2,(H3,15,19,20)(H,16,17,18). The molecule has 6 nitrogen and oxygen atoms in total. The van der Waals surface area contributed by atoms with E-state index in [1.807, 2.05) is 35.7 Å². The number of nitrogens with one attached hydrogen (secondary N) is 2. The zero-order chi connectivity index (χ0) is 14.7. The minimum absolute atomic E-state index is 0.568. The molecule has 0 saturated heterocycles. The van der Waals surface area contributed by atoms with Gasteiger partial charge in [-0.05, 0) is 29.1 Å². The first kappa shape index (κ1) is 13.3. The lowest BCUT2D eigenvalue weighted by Crippen LogP contribution is -2.19. The molecule has 2 aromatic heterocycles. The first-order valence-corrected chi connectivity index (χ1v) is 7.18. The summed E-state index contributed by atoms with van der Waals surface area (Å²) in [4.78, 5) is 20.2. The molecular formula is C14H13N5OS. The number of anilines is 2. The number of rotatable bonds is 4. The van der Waals surface area contributed by atoms with Crippen LogP contribution in [0.1, 0.15) is 5.56 Å². The van der Waals surface area contributed by atoms with Crippen molar-refractivity contribution in [2.24, 2.45) is 5.73 Å². The van der Waals surface area contributed by atoms with Crippen LogP contribution in [0.2, 0.25) is 0 Å². The summed E-state index contributed by atoms with van der Waals surface area (Å²) in [6.45, 7) is 0.638. The van der Waals surface area contributed by atoms with Crippen molar-refractivity contribution in [2.75, 3.05) is 10.6 Å². The highest BCUT2D eigenvalue weighted by molar-refractivity contribution is 7.16. The zero-order valence-electron chi connectivity index (χ0n) is 11.0. The fraction of sp³-hybridized carbons (Fsp3) is 0.0714. The maximum Gasteiger partial charge on any atom is 0.316 e. The molecule has 106 valence electrons. The van der Waals surface area contributed by atoms with Crippen LogP contribution in [0.5, 0.6) is 0 Å². The third-order valence-electron chi connectivity index (χ3n) is 2.94. The second kappa shape index (κ2) is 5.76. The Morgan fingerprint density at radius 2 is 2.00 bits per heavy atom. The van der Waals surface area contributed by atoms with Gasteiger partial charge in [-0.3, -0.25) is 0 Å². The second-order valence-electron chi connectivity index (χ2n) is 4.40. The first-order valence-electron chi connectivity index (χ1n) is 6.30. The van der Waals surface area contributed by atoms with Crippen LogP contribution in [-0.2, 0) is 6.54 Å². The Balaban J connectivity index is 1.70. The Hall–Kier alpha value is -2.67. The number of amides is 2. The van der Waals surface area contributed by atoms with Gasteiger partial charge in [-0.25, -0.2) is 14.8 Å². The van der Waals surface area contributed by atoms with Crippen molar-refractivity contribution in [3.63, 3.8) is 0 Å². The fourth-order valence-electron chi connectivity index (χ4n) is 1.96. The molecule has 1 aromatic carbocycles. The molecule has 0 aliphatic rings. The van der Waals surface area contributed by atoms with E-state index in [2.05, 4.69) is 20.6 Å². The minimum atomic E-state index is -0.568. The highest BCUT2D eigenvalue weighted by atomic mass is 32.1. The molecule has 4 N–H and O–H groups in total. The third kappa shape index (κ3) is 3.09. The van der Waals surface area contributed by atoms with Gasteiger partial charge in [-0.2, -0.15) is 0 Å². The van der Waals surface area contributed by atoms with Crippen molar-refractivity contribution in [3.05, 3.63) is 47.6 Å². The van der Waals surface area contributed by atoms with Gasteiger partial charge in [-0.1, -0.05) is 12.1 Å². The third-order valence-corrected chi connectivity index (χ3v) is 3.76. The number of carbonyl (C=O) groups is 1. The molecule has 7 heteroatoms. The number of aromatic nitrogens is 2. The summed E-state index contributed by atoms with van der Waals surface area (Å²) < 4.78 is 0. The van der Waals surface area contributed by atoms with Gasteiger partial charge in [0.05, 0.1) is 5.39 Å². The highest BCUT2D eigenvalue weighted by Gasteiger charge is 2.04. The van der Waals surface area contributed by atoms with Crippen molar-refractivity contribution in [1.82, 2.24) is 9.97 Å². The number of fused-ring (bicyclic) bond motifs is 1. The average Bonchev–Trinajstić information content (AvgIpc) is 2.95. The van der Waals surface area contributed by atoms with E-state index in [0.717, 1.165) is 21.6 Å². The quantitative estimate of drug-likeness (QED) is 0.690. The van der Waals surface area contributed by atoms with E-state index < -0.39 is 6.03 Å². The van der Waals surface area contributed by atoms with Crippen molar-refractivity contribution < 1.29 is 4.79 Å². The van der Waals surface area contributed by atoms with Crippen LogP contribution in [0.15, 0.2) is 42.0 Å². The molecule has 0 aliphatic carbocycles. The van der Waals surface area contributed by atoms with Gasteiger partial charge < -0.3 is 16.4 Å². The first-order chi connectivity index (χ1) is 10.2. The van der Waals surface area contributed by atoms with Gasteiger partial charge in [0.15, 0.2) is 0 Å². The van der Waals surface area contributed by atoms with E-state index in [0.29, 0.717) is 12.2 Å². The van der Waals surface area contributed by atoms with Crippen molar-refractivity contribution >= 4 is 39.1 Å². The SMILES string of the molecule is NC(=O)Nc1ccc(CNc2ncnc3sccc23)cc1.